The van der Waals surface area contributed by atoms with Crippen LogP contribution in [0.25, 0.3) is 75.5 Å². The van der Waals surface area contributed by atoms with Crippen LogP contribution in [-0.2, 0) is 0 Å². The van der Waals surface area contributed by atoms with Crippen LogP contribution in [0.5, 0.6) is 0 Å². The average molecular weight is 670 g/mol. The predicted octanol–water partition coefficient (Wildman–Crippen LogP) is 14.4. The van der Waals surface area contributed by atoms with E-state index in [0.29, 0.717) is 0 Å². The molecular formula is C48H31NOS. The highest BCUT2D eigenvalue weighted by atomic mass is 32.1. The van der Waals surface area contributed by atoms with E-state index in [-0.39, 0.29) is 0 Å². The number of hydrogen-bond acceptors (Lipinski definition) is 3. The van der Waals surface area contributed by atoms with Crippen molar-refractivity contribution in [3.8, 4) is 33.4 Å². The molecule has 0 amide bonds. The number of anilines is 3. The van der Waals surface area contributed by atoms with E-state index in [1.54, 1.807) is 0 Å². The zero-order chi connectivity index (χ0) is 33.7. The maximum absolute atomic E-state index is 6.26. The predicted molar refractivity (Wildman–Crippen MR) is 218 cm³/mol. The molecule has 0 saturated heterocycles. The summed E-state index contributed by atoms with van der Waals surface area (Å²) in [7, 11) is 0. The summed E-state index contributed by atoms with van der Waals surface area (Å²) in [5, 5.41) is 4.83. The van der Waals surface area contributed by atoms with E-state index in [4.69, 9.17) is 4.42 Å². The Morgan fingerprint density at radius 1 is 0.392 bits per heavy atom. The molecule has 51 heavy (non-hydrogen) atoms. The van der Waals surface area contributed by atoms with Gasteiger partial charge in [-0.25, -0.2) is 0 Å². The summed E-state index contributed by atoms with van der Waals surface area (Å²) in [5.74, 6) is 0. The summed E-state index contributed by atoms with van der Waals surface area (Å²) in [6.45, 7) is 0. The van der Waals surface area contributed by atoms with Crippen LogP contribution in [0.15, 0.2) is 192 Å². The van der Waals surface area contributed by atoms with Crippen molar-refractivity contribution in [3.63, 3.8) is 0 Å². The molecule has 2 heterocycles. The zero-order valence-corrected chi connectivity index (χ0v) is 28.5. The minimum absolute atomic E-state index is 0.903. The molecule has 0 atom stereocenters. The van der Waals surface area contributed by atoms with E-state index in [0.717, 1.165) is 44.4 Å². The summed E-state index contributed by atoms with van der Waals surface area (Å²) in [6, 6.07) is 67.5. The van der Waals surface area contributed by atoms with Gasteiger partial charge in [-0.1, -0.05) is 146 Å². The lowest BCUT2D eigenvalue weighted by Crippen LogP contribution is -2.12. The highest BCUT2D eigenvalue weighted by Crippen LogP contribution is 2.51. The number of furan rings is 1. The molecule has 0 saturated carbocycles. The van der Waals surface area contributed by atoms with Gasteiger partial charge in [0, 0.05) is 43.1 Å². The number of rotatable bonds is 6. The van der Waals surface area contributed by atoms with Gasteiger partial charge >= 0.3 is 0 Å². The summed E-state index contributed by atoms with van der Waals surface area (Å²) in [6.07, 6.45) is 0. The normalized spacial score (nSPS) is 11.5. The first-order chi connectivity index (χ1) is 25.3. The molecule has 0 aliphatic heterocycles. The van der Waals surface area contributed by atoms with Gasteiger partial charge in [0.1, 0.15) is 11.2 Å². The molecule has 0 unspecified atom stereocenters. The van der Waals surface area contributed by atoms with Crippen LogP contribution in [0.2, 0.25) is 0 Å². The van der Waals surface area contributed by atoms with Crippen molar-refractivity contribution in [2.45, 2.75) is 0 Å². The SMILES string of the molecule is c1ccc(-c2ccccc2N(c2ccc(-c3ccc4c(c3)oc3ccccc34)cc2)c2c(-c3ccccc3)ccc3c2sc2ccccc23)cc1. The van der Waals surface area contributed by atoms with Crippen molar-refractivity contribution in [1.29, 1.82) is 0 Å². The fourth-order valence-corrected chi connectivity index (χ4v) is 8.72. The molecule has 0 aliphatic rings. The van der Waals surface area contributed by atoms with Gasteiger partial charge in [0.2, 0.25) is 0 Å². The molecule has 0 bridgehead atoms. The van der Waals surface area contributed by atoms with Crippen LogP contribution >= 0.6 is 11.3 Å². The number of thiophene rings is 1. The van der Waals surface area contributed by atoms with Crippen molar-refractivity contribution in [2.75, 3.05) is 4.90 Å². The molecule has 10 rings (SSSR count). The molecular weight excluding hydrogens is 639 g/mol. The van der Waals surface area contributed by atoms with Gasteiger partial charge in [0.05, 0.1) is 16.1 Å². The quantitative estimate of drug-likeness (QED) is 0.175. The second-order valence-electron chi connectivity index (χ2n) is 12.9. The number of benzene rings is 8. The fourth-order valence-electron chi connectivity index (χ4n) is 7.47. The first-order valence-corrected chi connectivity index (χ1v) is 18.1. The number of hydrogen-bond donors (Lipinski definition) is 0. The maximum Gasteiger partial charge on any atom is 0.136 e. The van der Waals surface area contributed by atoms with Crippen molar-refractivity contribution in [2.24, 2.45) is 0 Å². The van der Waals surface area contributed by atoms with Gasteiger partial charge < -0.3 is 9.32 Å². The Morgan fingerprint density at radius 3 is 1.80 bits per heavy atom. The molecule has 0 N–H and O–H groups in total. The molecule has 2 nitrogen and oxygen atoms in total. The third-order valence-corrected chi connectivity index (χ3v) is 11.1. The molecule has 0 aliphatic carbocycles. The Labute approximate surface area is 300 Å². The minimum atomic E-state index is 0.903. The highest BCUT2D eigenvalue weighted by Gasteiger charge is 2.24. The number of fused-ring (bicyclic) bond motifs is 6. The largest absolute Gasteiger partial charge is 0.456 e. The zero-order valence-electron chi connectivity index (χ0n) is 27.7. The van der Waals surface area contributed by atoms with Crippen molar-refractivity contribution < 1.29 is 4.42 Å². The molecule has 3 heteroatoms. The van der Waals surface area contributed by atoms with Gasteiger partial charge in [-0.05, 0) is 64.7 Å². The smallest absolute Gasteiger partial charge is 0.136 e. The van der Waals surface area contributed by atoms with Crippen LogP contribution in [0.1, 0.15) is 0 Å². The Hall–Kier alpha value is -6.42. The molecule has 8 aromatic carbocycles. The lowest BCUT2D eigenvalue weighted by atomic mass is 9.97. The molecule has 0 spiro atoms. The molecule has 10 aromatic rings. The lowest BCUT2D eigenvalue weighted by Gasteiger charge is -2.30. The summed E-state index contributed by atoms with van der Waals surface area (Å²) < 4.78 is 8.81. The maximum atomic E-state index is 6.26. The highest BCUT2D eigenvalue weighted by molar-refractivity contribution is 7.26. The van der Waals surface area contributed by atoms with Gasteiger partial charge in [-0.2, -0.15) is 0 Å². The number of nitrogens with zero attached hydrogens (tertiary/aromatic N) is 1. The monoisotopic (exact) mass is 669 g/mol. The van der Waals surface area contributed by atoms with Crippen molar-refractivity contribution in [1.82, 2.24) is 0 Å². The van der Waals surface area contributed by atoms with Crippen molar-refractivity contribution >= 4 is 70.5 Å². The summed E-state index contributed by atoms with van der Waals surface area (Å²) >= 11 is 1.87. The molecule has 0 radical (unpaired) electrons. The van der Waals surface area contributed by atoms with Gasteiger partial charge in [-0.3, -0.25) is 0 Å². The van der Waals surface area contributed by atoms with Crippen molar-refractivity contribution in [3.05, 3.63) is 188 Å². The second-order valence-corrected chi connectivity index (χ2v) is 13.9. The second kappa shape index (κ2) is 12.2. The van der Waals surface area contributed by atoms with Crippen LogP contribution in [0, 0.1) is 0 Å². The Kier molecular flexibility index (Phi) is 7.04. The third-order valence-electron chi connectivity index (χ3n) is 9.90. The summed E-state index contributed by atoms with van der Waals surface area (Å²) in [5.41, 5.74) is 12.2. The van der Waals surface area contributed by atoms with Gasteiger partial charge in [-0.15, -0.1) is 11.3 Å². The van der Waals surface area contributed by atoms with E-state index in [9.17, 15) is 0 Å². The van der Waals surface area contributed by atoms with Crippen LogP contribution in [0.3, 0.4) is 0 Å². The lowest BCUT2D eigenvalue weighted by molar-refractivity contribution is 0.669. The van der Waals surface area contributed by atoms with Crippen LogP contribution < -0.4 is 4.90 Å². The molecule has 240 valence electrons. The first-order valence-electron chi connectivity index (χ1n) is 17.3. The fraction of sp³-hybridized carbons (Fsp3) is 0. The average Bonchev–Trinajstić information content (AvgIpc) is 3.77. The van der Waals surface area contributed by atoms with E-state index < -0.39 is 0 Å². The molecule has 0 fully saturated rings. The minimum Gasteiger partial charge on any atom is -0.456 e. The first kappa shape index (κ1) is 29.5. The topological polar surface area (TPSA) is 16.4 Å². The van der Waals surface area contributed by atoms with Gasteiger partial charge in [0.25, 0.3) is 0 Å². The Bertz CT molecular complexity index is 2850. The van der Waals surface area contributed by atoms with E-state index >= 15 is 0 Å². The van der Waals surface area contributed by atoms with Crippen LogP contribution in [0.4, 0.5) is 17.1 Å². The van der Waals surface area contributed by atoms with E-state index in [1.165, 1.54) is 48.1 Å². The summed E-state index contributed by atoms with van der Waals surface area (Å²) in [4.78, 5) is 2.48. The van der Waals surface area contributed by atoms with Gasteiger partial charge in [0.15, 0.2) is 0 Å². The standard InChI is InChI=1S/C48H31NOS/c1-3-13-33(14-4-1)37-17-7-10-20-43(37)49(36-26-23-32(24-27-36)35-25-28-40-39-18-8-11-21-44(39)50-45(40)31-35)47-38(34-15-5-2-6-16-34)29-30-42-41-19-9-12-22-46(41)51-48(42)47/h1-31H. The number of para-hydroxylation sites is 2. The van der Waals surface area contributed by atoms with Crippen LogP contribution in [-0.4, -0.2) is 0 Å². The molecule has 2 aromatic heterocycles. The third kappa shape index (κ3) is 5.01. The van der Waals surface area contributed by atoms with E-state index in [1.807, 2.05) is 23.5 Å². The Morgan fingerprint density at radius 2 is 1.00 bits per heavy atom. The Balaban J connectivity index is 1.21. The van der Waals surface area contributed by atoms with E-state index in [2.05, 4.69) is 181 Å².